The lowest BCUT2D eigenvalue weighted by Crippen LogP contribution is -2.15. The second-order valence-corrected chi connectivity index (χ2v) is 4.81. The number of carbonyl (C=O) groups excluding carboxylic acids is 2. The van der Waals surface area contributed by atoms with Gasteiger partial charge in [0.2, 0.25) is 5.91 Å². The molecule has 0 radical (unpaired) electrons. The molecule has 108 valence electrons. The molecule has 2 amide bonds. The van der Waals surface area contributed by atoms with Gasteiger partial charge in [0.05, 0.1) is 0 Å². The SMILES string of the molecule is Cc1cc(C(=O)Nc2ccc(C(N)=O)cc2C)ccc1F. The van der Waals surface area contributed by atoms with Crippen LogP contribution in [0.25, 0.3) is 0 Å². The summed E-state index contributed by atoms with van der Waals surface area (Å²) in [6, 6.07) is 8.92. The Morgan fingerprint density at radius 3 is 2.19 bits per heavy atom. The Morgan fingerprint density at radius 2 is 1.62 bits per heavy atom. The zero-order chi connectivity index (χ0) is 15.6. The maximum Gasteiger partial charge on any atom is 0.255 e. The van der Waals surface area contributed by atoms with Gasteiger partial charge in [-0.3, -0.25) is 9.59 Å². The minimum absolute atomic E-state index is 0.340. The molecule has 0 spiro atoms. The van der Waals surface area contributed by atoms with Gasteiger partial charge in [-0.2, -0.15) is 0 Å². The summed E-state index contributed by atoms with van der Waals surface area (Å²) < 4.78 is 13.2. The number of anilines is 1. The van der Waals surface area contributed by atoms with Crippen LogP contribution in [0.3, 0.4) is 0 Å². The molecule has 0 saturated carbocycles. The van der Waals surface area contributed by atoms with Gasteiger partial charge in [0.25, 0.3) is 5.91 Å². The van der Waals surface area contributed by atoms with Crippen molar-refractivity contribution < 1.29 is 14.0 Å². The number of nitrogens with two attached hydrogens (primary N) is 1. The minimum atomic E-state index is -0.523. The fraction of sp³-hybridized carbons (Fsp3) is 0.125. The molecule has 4 nitrogen and oxygen atoms in total. The van der Waals surface area contributed by atoms with E-state index in [2.05, 4.69) is 5.32 Å². The number of aryl methyl sites for hydroxylation is 2. The van der Waals surface area contributed by atoms with Crippen LogP contribution in [0.2, 0.25) is 0 Å². The molecule has 0 saturated heterocycles. The van der Waals surface area contributed by atoms with E-state index in [1.54, 1.807) is 32.0 Å². The highest BCUT2D eigenvalue weighted by Gasteiger charge is 2.10. The van der Waals surface area contributed by atoms with Crippen molar-refractivity contribution >= 4 is 17.5 Å². The van der Waals surface area contributed by atoms with Crippen molar-refractivity contribution in [2.45, 2.75) is 13.8 Å². The molecule has 0 bridgehead atoms. The van der Waals surface area contributed by atoms with Crippen molar-refractivity contribution in [1.82, 2.24) is 0 Å². The standard InChI is InChI=1S/C16H15FN2O2/c1-9-7-12(3-5-13(9)17)16(21)19-14-6-4-11(15(18)20)8-10(14)2/h3-8H,1-2H3,(H2,18,20)(H,19,21). The van der Waals surface area contributed by atoms with E-state index in [0.717, 1.165) is 5.56 Å². The highest BCUT2D eigenvalue weighted by atomic mass is 19.1. The first-order valence-corrected chi connectivity index (χ1v) is 6.36. The molecule has 2 rings (SSSR count). The van der Waals surface area contributed by atoms with Crippen LogP contribution in [0.1, 0.15) is 31.8 Å². The number of carbonyl (C=O) groups is 2. The normalized spacial score (nSPS) is 10.2. The fourth-order valence-corrected chi connectivity index (χ4v) is 1.94. The van der Waals surface area contributed by atoms with Crippen LogP contribution in [0.15, 0.2) is 36.4 Å². The van der Waals surface area contributed by atoms with Crippen LogP contribution in [0.4, 0.5) is 10.1 Å². The van der Waals surface area contributed by atoms with Crippen LogP contribution in [0.5, 0.6) is 0 Å². The second kappa shape index (κ2) is 5.75. The Hall–Kier alpha value is -2.69. The molecular weight excluding hydrogens is 271 g/mol. The lowest BCUT2D eigenvalue weighted by atomic mass is 10.1. The lowest BCUT2D eigenvalue weighted by Gasteiger charge is -2.10. The van der Waals surface area contributed by atoms with Crippen molar-refractivity contribution in [3.8, 4) is 0 Å². The number of halogens is 1. The predicted octanol–water partition coefficient (Wildman–Crippen LogP) is 2.79. The first kappa shape index (κ1) is 14.7. The monoisotopic (exact) mass is 286 g/mol. The van der Waals surface area contributed by atoms with Gasteiger partial charge in [-0.25, -0.2) is 4.39 Å². The molecule has 0 aliphatic heterocycles. The molecule has 0 aliphatic carbocycles. The molecule has 0 aromatic heterocycles. The molecule has 21 heavy (non-hydrogen) atoms. The summed E-state index contributed by atoms with van der Waals surface area (Å²) in [4.78, 5) is 23.2. The van der Waals surface area contributed by atoms with Crippen molar-refractivity contribution in [1.29, 1.82) is 0 Å². The summed E-state index contributed by atoms with van der Waals surface area (Å²) in [6.07, 6.45) is 0. The summed E-state index contributed by atoms with van der Waals surface area (Å²) >= 11 is 0. The molecule has 0 atom stereocenters. The molecule has 2 aromatic rings. The molecule has 3 N–H and O–H groups in total. The van der Waals surface area contributed by atoms with Crippen molar-refractivity contribution in [2.24, 2.45) is 5.73 Å². The van der Waals surface area contributed by atoms with Crippen LogP contribution in [0, 0.1) is 19.7 Å². The first-order valence-electron chi connectivity index (χ1n) is 6.36. The Kier molecular flexibility index (Phi) is 4.03. The summed E-state index contributed by atoms with van der Waals surface area (Å²) in [5.41, 5.74) is 7.64. The van der Waals surface area contributed by atoms with Gasteiger partial charge >= 0.3 is 0 Å². The summed E-state index contributed by atoms with van der Waals surface area (Å²) in [6.45, 7) is 3.36. The van der Waals surface area contributed by atoms with Crippen molar-refractivity contribution in [2.75, 3.05) is 5.32 Å². The van der Waals surface area contributed by atoms with Gasteiger partial charge in [-0.05, 0) is 61.4 Å². The molecule has 0 aliphatic rings. The summed E-state index contributed by atoms with van der Waals surface area (Å²) in [5, 5.41) is 2.73. The second-order valence-electron chi connectivity index (χ2n) is 4.81. The molecule has 5 heteroatoms. The van der Waals surface area contributed by atoms with E-state index >= 15 is 0 Å². The third-order valence-electron chi connectivity index (χ3n) is 3.18. The average molecular weight is 286 g/mol. The van der Waals surface area contributed by atoms with E-state index in [0.29, 0.717) is 22.4 Å². The van der Waals surface area contributed by atoms with E-state index in [1.165, 1.54) is 18.2 Å². The quantitative estimate of drug-likeness (QED) is 0.910. The Bertz CT molecular complexity index is 726. The zero-order valence-electron chi connectivity index (χ0n) is 11.7. The third-order valence-corrected chi connectivity index (χ3v) is 3.18. The summed E-state index contributed by atoms with van der Waals surface area (Å²) in [7, 11) is 0. The van der Waals surface area contributed by atoms with Gasteiger partial charge in [0.1, 0.15) is 5.82 Å². The number of primary amides is 1. The number of hydrogen-bond acceptors (Lipinski definition) is 2. The summed E-state index contributed by atoms with van der Waals surface area (Å²) in [5.74, 6) is -1.22. The first-order chi connectivity index (χ1) is 9.88. The van der Waals surface area contributed by atoms with Gasteiger partial charge in [0, 0.05) is 16.8 Å². The van der Waals surface area contributed by atoms with Crippen LogP contribution in [-0.4, -0.2) is 11.8 Å². The van der Waals surface area contributed by atoms with Crippen LogP contribution >= 0.6 is 0 Å². The average Bonchev–Trinajstić information content (AvgIpc) is 2.43. The van der Waals surface area contributed by atoms with Crippen molar-refractivity contribution in [3.63, 3.8) is 0 Å². The lowest BCUT2D eigenvalue weighted by molar-refractivity contribution is 0.0998. The van der Waals surface area contributed by atoms with E-state index in [9.17, 15) is 14.0 Å². The number of rotatable bonds is 3. The highest BCUT2D eigenvalue weighted by Crippen LogP contribution is 2.18. The van der Waals surface area contributed by atoms with Gasteiger partial charge in [-0.1, -0.05) is 0 Å². The Balaban J connectivity index is 2.23. The van der Waals surface area contributed by atoms with E-state index in [-0.39, 0.29) is 11.7 Å². The minimum Gasteiger partial charge on any atom is -0.366 e. The topological polar surface area (TPSA) is 72.2 Å². The van der Waals surface area contributed by atoms with E-state index < -0.39 is 5.91 Å². The molecule has 0 heterocycles. The maximum atomic E-state index is 13.2. The van der Waals surface area contributed by atoms with Crippen molar-refractivity contribution in [3.05, 3.63) is 64.5 Å². The van der Waals surface area contributed by atoms with Gasteiger partial charge in [0.15, 0.2) is 0 Å². The number of amides is 2. The van der Waals surface area contributed by atoms with Gasteiger partial charge in [-0.15, -0.1) is 0 Å². The van der Waals surface area contributed by atoms with Gasteiger partial charge < -0.3 is 11.1 Å². The molecular formula is C16H15FN2O2. The third kappa shape index (κ3) is 3.25. The Morgan fingerprint density at radius 1 is 1.00 bits per heavy atom. The molecule has 0 fully saturated rings. The van der Waals surface area contributed by atoms with E-state index in [1.807, 2.05) is 0 Å². The van der Waals surface area contributed by atoms with E-state index in [4.69, 9.17) is 5.73 Å². The fourth-order valence-electron chi connectivity index (χ4n) is 1.94. The highest BCUT2D eigenvalue weighted by molar-refractivity contribution is 6.05. The maximum absolute atomic E-state index is 13.2. The number of hydrogen-bond donors (Lipinski definition) is 2. The number of benzene rings is 2. The molecule has 0 unspecified atom stereocenters. The van der Waals surface area contributed by atoms with Crippen LogP contribution < -0.4 is 11.1 Å². The smallest absolute Gasteiger partial charge is 0.255 e. The predicted molar refractivity (Wildman–Crippen MR) is 78.8 cm³/mol. The zero-order valence-corrected chi connectivity index (χ0v) is 11.7. The largest absolute Gasteiger partial charge is 0.366 e. The Labute approximate surface area is 121 Å². The molecule has 2 aromatic carbocycles. The van der Waals surface area contributed by atoms with Crippen LogP contribution in [-0.2, 0) is 0 Å². The number of nitrogens with one attached hydrogen (secondary N) is 1.